The van der Waals surface area contributed by atoms with E-state index in [1.54, 1.807) is 24.3 Å². The van der Waals surface area contributed by atoms with Crippen molar-refractivity contribution in [2.24, 2.45) is 0 Å². The third kappa shape index (κ3) is 7.61. The van der Waals surface area contributed by atoms with Gasteiger partial charge in [-0.25, -0.2) is 4.21 Å². The fourth-order valence-corrected chi connectivity index (χ4v) is 4.93. The van der Waals surface area contributed by atoms with Crippen LogP contribution in [0.15, 0.2) is 108 Å². The van der Waals surface area contributed by atoms with E-state index in [4.69, 9.17) is 13.7 Å². The molecule has 3 N–H and O–H groups in total. The number of anilines is 1. The number of furan rings is 1. The van der Waals surface area contributed by atoms with Crippen molar-refractivity contribution in [3.05, 3.63) is 120 Å². The van der Waals surface area contributed by atoms with Crippen LogP contribution in [0.1, 0.15) is 48.4 Å². The van der Waals surface area contributed by atoms with Gasteiger partial charge in [0.05, 0.1) is 5.75 Å². The van der Waals surface area contributed by atoms with E-state index in [-0.39, 0.29) is 29.5 Å². The lowest BCUT2D eigenvalue weighted by Gasteiger charge is -2.22. The van der Waals surface area contributed by atoms with Crippen molar-refractivity contribution in [3.8, 4) is 17.1 Å². The minimum Gasteiger partial charge on any atom is -0.476 e. The zero-order valence-corrected chi connectivity index (χ0v) is 25.5. The van der Waals surface area contributed by atoms with Gasteiger partial charge in [-0.15, -0.1) is 0 Å². The van der Waals surface area contributed by atoms with Gasteiger partial charge in [0.25, 0.3) is 11.8 Å². The molecule has 1 heterocycles. The third-order valence-electron chi connectivity index (χ3n) is 7.11. The van der Waals surface area contributed by atoms with Crippen LogP contribution in [-0.2, 0) is 21.3 Å². The number of carbonyl (C=O) groups excluding carboxylic acids is 2. The predicted octanol–water partition coefficient (Wildman–Crippen LogP) is 7.11. The van der Waals surface area contributed by atoms with Gasteiger partial charge in [-0.3, -0.25) is 9.59 Å². The van der Waals surface area contributed by atoms with Crippen molar-refractivity contribution < 1.29 is 27.5 Å². The molecular weight excluding hydrogens is 576 g/mol. The first kappa shape index (κ1) is 30.7. The molecular formula is C35H34N2O6S. The van der Waals surface area contributed by atoms with Crippen LogP contribution in [0.5, 0.6) is 5.75 Å². The molecule has 44 heavy (non-hydrogen) atoms. The molecule has 0 bridgehead atoms. The zero-order chi connectivity index (χ0) is 31.3. The highest BCUT2D eigenvalue weighted by Crippen LogP contribution is 2.30. The van der Waals surface area contributed by atoms with Crippen molar-refractivity contribution in [1.29, 1.82) is 0 Å². The number of carbonyl (C=O) groups is 2. The number of rotatable bonds is 10. The number of amides is 2. The first-order valence-corrected chi connectivity index (χ1v) is 15.5. The summed E-state index contributed by atoms with van der Waals surface area (Å²) in [6, 6.07) is 31.4. The number of hydrogen-bond acceptors (Lipinski definition) is 5. The fourth-order valence-electron chi connectivity index (χ4n) is 4.66. The Morgan fingerprint density at radius 1 is 0.909 bits per heavy atom. The molecule has 0 aliphatic carbocycles. The van der Waals surface area contributed by atoms with Gasteiger partial charge >= 0.3 is 0 Å². The van der Waals surface area contributed by atoms with E-state index in [0.29, 0.717) is 22.6 Å². The van der Waals surface area contributed by atoms with Crippen LogP contribution in [0, 0.1) is 0 Å². The van der Waals surface area contributed by atoms with E-state index < -0.39 is 17.2 Å². The summed E-state index contributed by atoms with van der Waals surface area (Å²) in [5, 5.41) is 6.59. The molecule has 2 amide bonds. The maximum atomic E-state index is 13.7. The lowest BCUT2D eigenvalue weighted by Crippen LogP contribution is -2.27. The predicted molar refractivity (Wildman–Crippen MR) is 173 cm³/mol. The molecule has 0 saturated carbocycles. The maximum absolute atomic E-state index is 13.7. The average Bonchev–Trinajstić information content (AvgIpc) is 3.44. The Labute approximate surface area is 258 Å². The SMILES string of the molecule is CC(C)(C)c1ccc(C(Oc2ccc(C(=O)NCCS(=O)O)cc2)C(=O)Nc2ccc(-c3cc4ccccc4o3)cc2)cc1. The Kier molecular flexibility index (Phi) is 9.27. The van der Waals surface area contributed by atoms with E-state index in [1.807, 2.05) is 78.9 Å². The number of nitrogens with one attached hydrogen (secondary N) is 2. The topological polar surface area (TPSA) is 118 Å². The molecule has 0 aliphatic heterocycles. The Morgan fingerprint density at radius 3 is 2.23 bits per heavy atom. The average molecular weight is 611 g/mol. The van der Waals surface area contributed by atoms with Gasteiger partial charge < -0.3 is 24.3 Å². The van der Waals surface area contributed by atoms with Crippen molar-refractivity contribution in [2.75, 3.05) is 17.6 Å². The first-order valence-electron chi connectivity index (χ1n) is 14.2. The molecule has 1 aromatic heterocycles. The standard InChI is InChI=1S/C35H34N2O6S/c1-35(2,3)27-14-8-24(9-15-27)32(42-29-18-12-25(13-19-29)33(38)36-20-21-44(40)41)34(39)37-28-16-10-23(11-17-28)31-22-26-6-4-5-7-30(26)43-31/h4-19,22,32H,20-21H2,1-3H3,(H,36,38)(H,37,39)(H,40,41). The molecule has 0 fully saturated rings. The van der Waals surface area contributed by atoms with Crippen LogP contribution in [-0.4, -0.2) is 32.9 Å². The van der Waals surface area contributed by atoms with Crippen LogP contribution < -0.4 is 15.4 Å². The molecule has 8 nitrogen and oxygen atoms in total. The minimum absolute atomic E-state index is 0.0542. The number of ether oxygens (including phenoxy) is 1. The van der Waals surface area contributed by atoms with Crippen LogP contribution >= 0.6 is 0 Å². The Balaban J connectivity index is 1.33. The van der Waals surface area contributed by atoms with Crippen LogP contribution in [0.3, 0.4) is 0 Å². The second-order valence-electron chi connectivity index (χ2n) is 11.4. The molecule has 2 unspecified atom stereocenters. The van der Waals surface area contributed by atoms with E-state index in [0.717, 1.165) is 27.9 Å². The number of para-hydroxylation sites is 1. The lowest BCUT2D eigenvalue weighted by molar-refractivity contribution is -0.123. The monoisotopic (exact) mass is 610 g/mol. The summed E-state index contributed by atoms with van der Waals surface area (Å²) >= 11 is -1.98. The molecule has 2 atom stereocenters. The summed E-state index contributed by atoms with van der Waals surface area (Å²) in [6.45, 7) is 6.45. The van der Waals surface area contributed by atoms with Gasteiger partial charge in [0.2, 0.25) is 6.10 Å². The minimum atomic E-state index is -1.98. The van der Waals surface area contributed by atoms with Crippen LogP contribution in [0.4, 0.5) is 5.69 Å². The van der Waals surface area contributed by atoms with Gasteiger partial charge in [-0.1, -0.05) is 63.2 Å². The van der Waals surface area contributed by atoms with Gasteiger partial charge in [-0.05, 0) is 71.6 Å². The van der Waals surface area contributed by atoms with Gasteiger partial charge in [0, 0.05) is 34.3 Å². The number of benzene rings is 4. The third-order valence-corrected chi connectivity index (χ3v) is 7.67. The molecule has 5 rings (SSSR count). The molecule has 9 heteroatoms. The molecule has 4 aromatic carbocycles. The summed E-state index contributed by atoms with van der Waals surface area (Å²) in [4.78, 5) is 26.0. The van der Waals surface area contributed by atoms with Crippen LogP contribution in [0.2, 0.25) is 0 Å². The second-order valence-corrected chi connectivity index (χ2v) is 12.4. The second kappa shape index (κ2) is 13.3. The summed E-state index contributed by atoms with van der Waals surface area (Å²) < 4.78 is 31.9. The van der Waals surface area contributed by atoms with Gasteiger partial charge in [0.1, 0.15) is 17.1 Å². The fraction of sp³-hybridized carbons (Fsp3) is 0.200. The van der Waals surface area contributed by atoms with E-state index in [1.165, 1.54) is 0 Å². The normalized spacial score (nSPS) is 12.8. The number of fused-ring (bicyclic) bond motifs is 1. The smallest absolute Gasteiger partial charge is 0.270 e. The molecule has 0 radical (unpaired) electrons. The quantitative estimate of drug-likeness (QED) is 0.145. The number of hydrogen-bond donors (Lipinski definition) is 3. The highest BCUT2D eigenvalue weighted by Gasteiger charge is 2.24. The van der Waals surface area contributed by atoms with E-state index >= 15 is 0 Å². The highest BCUT2D eigenvalue weighted by molar-refractivity contribution is 7.79. The van der Waals surface area contributed by atoms with Crippen molar-refractivity contribution in [1.82, 2.24) is 5.32 Å². The van der Waals surface area contributed by atoms with Crippen molar-refractivity contribution >= 4 is 39.6 Å². The molecule has 0 spiro atoms. The molecule has 0 aliphatic rings. The Hall–Kier alpha value is -4.73. The van der Waals surface area contributed by atoms with E-state index in [2.05, 4.69) is 31.4 Å². The first-order chi connectivity index (χ1) is 21.1. The molecule has 0 saturated heterocycles. The van der Waals surface area contributed by atoms with Gasteiger partial charge in [-0.2, -0.15) is 0 Å². The zero-order valence-electron chi connectivity index (χ0n) is 24.7. The van der Waals surface area contributed by atoms with Gasteiger partial charge in [0.15, 0.2) is 11.1 Å². The summed E-state index contributed by atoms with van der Waals surface area (Å²) in [5.41, 5.74) is 4.41. The summed E-state index contributed by atoms with van der Waals surface area (Å²) in [7, 11) is 0. The molecule has 5 aromatic rings. The summed E-state index contributed by atoms with van der Waals surface area (Å²) in [5.74, 6) is 0.354. The Bertz CT molecular complexity index is 1740. The molecule has 226 valence electrons. The maximum Gasteiger partial charge on any atom is 0.270 e. The van der Waals surface area contributed by atoms with E-state index in [9.17, 15) is 13.8 Å². The Morgan fingerprint density at radius 2 is 1.59 bits per heavy atom. The summed E-state index contributed by atoms with van der Waals surface area (Å²) in [6.07, 6.45) is -0.974. The highest BCUT2D eigenvalue weighted by atomic mass is 32.2. The van der Waals surface area contributed by atoms with Crippen molar-refractivity contribution in [2.45, 2.75) is 32.3 Å². The largest absolute Gasteiger partial charge is 0.476 e. The van der Waals surface area contributed by atoms with Crippen LogP contribution in [0.25, 0.3) is 22.3 Å². The van der Waals surface area contributed by atoms with Crippen molar-refractivity contribution in [3.63, 3.8) is 0 Å². The lowest BCUT2D eigenvalue weighted by atomic mass is 9.86.